The van der Waals surface area contributed by atoms with E-state index < -0.39 is 0 Å². The molecule has 8 heteroatoms. The van der Waals surface area contributed by atoms with Crippen LogP contribution in [0.4, 0.5) is 5.69 Å². The van der Waals surface area contributed by atoms with E-state index in [1.165, 1.54) is 0 Å². The second-order valence-corrected chi connectivity index (χ2v) is 8.24. The van der Waals surface area contributed by atoms with Crippen molar-refractivity contribution in [3.8, 4) is 23.0 Å². The minimum atomic E-state index is 0.254. The van der Waals surface area contributed by atoms with E-state index in [-0.39, 0.29) is 6.79 Å². The largest absolute Gasteiger partial charge is 0.493 e. The van der Waals surface area contributed by atoms with Crippen molar-refractivity contribution in [3.63, 3.8) is 0 Å². The molecule has 0 bridgehead atoms. The normalized spacial score (nSPS) is 12.0. The van der Waals surface area contributed by atoms with Crippen molar-refractivity contribution in [2.24, 2.45) is 0 Å². The van der Waals surface area contributed by atoms with Crippen LogP contribution in [0.5, 0.6) is 23.0 Å². The summed E-state index contributed by atoms with van der Waals surface area (Å²) in [6, 6.07) is 14.9. The molecule has 0 amide bonds. The number of halogens is 3. The van der Waals surface area contributed by atoms with Gasteiger partial charge in [0.05, 0.1) is 7.11 Å². The zero-order valence-electron chi connectivity index (χ0n) is 16.0. The minimum Gasteiger partial charge on any atom is -0.493 e. The molecule has 30 heavy (non-hydrogen) atoms. The molecule has 0 fully saturated rings. The SMILES string of the molecule is COc1cc(CNc2ccc3c(c2)OCO3)c(Br)cc1OCc1ccc(Cl)cc1Cl. The van der Waals surface area contributed by atoms with Crippen LogP contribution in [0.2, 0.25) is 10.0 Å². The third kappa shape index (κ3) is 4.72. The van der Waals surface area contributed by atoms with Crippen molar-refractivity contribution in [3.05, 3.63) is 74.2 Å². The number of hydrogen-bond donors (Lipinski definition) is 1. The van der Waals surface area contributed by atoms with Gasteiger partial charge in [-0.3, -0.25) is 0 Å². The van der Waals surface area contributed by atoms with Crippen molar-refractivity contribution in [1.82, 2.24) is 0 Å². The number of anilines is 1. The molecule has 4 rings (SSSR count). The first-order chi connectivity index (χ1) is 14.5. The number of nitrogens with one attached hydrogen (secondary N) is 1. The van der Waals surface area contributed by atoms with Gasteiger partial charge in [-0.05, 0) is 42.0 Å². The first kappa shape index (κ1) is 21.0. The lowest BCUT2D eigenvalue weighted by Gasteiger charge is -2.15. The van der Waals surface area contributed by atoms with Gasteiger partial charge in [-0.1, -0.05) is 45.2 Å². The highest BCUT2D eigenvalue weighted by Crippen LogP contribution is 2.37. The van der Waals surface area contributed by atoms with E-state index >= 15 is 0 Å². The molecule has 1 heterocycles. The molecule has 5 nitrogen and oxygen atoms in total. The van der Waals surface area contributed by atoms with Crippen LogP contribution >= 0.6 is 39.1 Å². The van der Waals surface area contributed by atoms with Gasteiger partial charge in [-0.15, -0.1) is 0 Å². The van der Waals surface area contributed by atoms with Gasteiger partial charge in [0.25, 0.3) is 0 Å². The van der Waals surface area contributed by atoms with E-state index in [0.29, 0.717) is 34.7 Å². The van der Waals surface area contributed by atoms with E-state index in [9.17, 15) is 0 Å². The summed E-state index contributed by atoms with van der Waals surface area (Å²) in [5.74, 6) is 2.74. The van der Waals surface area contributed by atoms with E-state index in [2.05, 4.69) is 21.2 Å². The zero-order valence-corrected chi connectivity index (χ0v) is 19.1. The molecule has 0 aliphatic carbocycles. The molecule has 0 unspecified atom stereocenters. The van der Waals surface area contributed by atoms with Crippen LogP contribution in [-0.2, 0) is 13.2 Å². The lowest BCUT2D eigenvalue weighted by atomic mass is 10.2. The summed E-state index contributed by atoms with van der Waals surface area (Å²) in [5, 5.41) is 4.53. The van der Waals surface area contributed by atoms with Crippen LogP contribution in [0.25, 0.3) is 0 Å². The highest BCUT2D eigenvalue weighted by atomic mass is 79.9. The smallest absolute Gasteiger partial charge is 0.231 e. The Morgan fingerprint density at radius 1 is 0.967 bits per heavy atom. The Kier molecular flexibility index (Phi) is 6.46. The van der Waals surface area contributed by atoms with Gasteiger partial charge in [-0.25, -0.2) is 0 Å². The molecule has 3 aromatic rings. The number of fused-ring (bicyclic) bond motifs is 1. The van der Waals surface area contributed by atoms with Gasteiger partial charge in [0.2, 0.25) is 6.79 Å². The van der Waals surface area contributed by atoms with E-state index in [1.807, 2.05) is 36.4 Å². The van der Waals surface area contributed by atoms with Crippen LogP contribution < -0.4 is 24.3 Å². The molecule has 1 aliphatic heterocycles. The average Bonchev–Trinajstić information content (AvgIpc) is 3.20. The van der Waals surface area contributed by atoms with Crippen molar-refractivity contribution in [1.29, 1.82) is 0 Å². The summed E-state index contributed by atoms with van der Waals surface area (Å²) in [7, 11) is 1.61. The minimum absolute atomic E-state index is 0.254. The topological polar surface area (TPSA) is 49.0 Å². The maximum atomic E-state index is 6.23. The molecule has 0 spiro atoms. The summed E-state index contributed by atoms with van der Waals surface area (Å²) in [5.41, 5.74) is 2.79. The van der Waals surface area contributed by atoms with Crippen LogP contribution in [0.1, 0.15) is 11.1 Å². The fraction of sp³-hybridized carbons (Fsp3) is 0.182. The summed E-state index contributed by atoms with van der Waals surface area (Å²) in [6.07, 6.45) is 0. The molecule has 1 N–H and O–H groups in total. The van der Waals surface area contributed by atoms with Gasteiger partial charge in [0, 0.05) is 38.4 Å². The molecule has 0 aromatic heterocycles. The second kappa shape index (κ2) is 9.25. The molecular formula is C22H18BrCl2NO4. The maximum absolute atomic E-state index is 6.23. The molecule has 0 saturated carbocycles. The van der Waals surface area contributed by atoms with Gasteiger partial charge in [0.15, 0.2) is 23.0 Å². The summed E-state index contributed by atoms with van der Waals surface area (Å²) >= 11 is 15.8. The molecule has 1 aliphatic rings. The van der Waals surface area contributed by atoms with Crippen molar-refractivity contribution >= 4 is 44.8 Å². The Balaban J connectivity index is 1.46. The highest BCUT2D eigenvalue weighted by molar-refractivity contribution is 9.10. The summed E-state index contributed by atoms with van der Waals surface area (Å²) < 4.78 is 23.1. The van der Waals surface area contributed by atoms with Gasteiger partial charge in [-0.2, -0.15) is 0 Å². The third-order valence-electron chi connectivity index (χ3n) is 4.59. The fourth-order valence-corrected chi connectivity index (χ4v) is 3.91. The third-order valence-corrected chi connectivity index (χ3v) is 5.91. The first-order valence-electron chi connectivity index (χ1n) is 9.10. The highest BCUT2D eigenvalue weighted by Gasteiger charge is 2.15. The Hall–Kier alpha value is -2.28. The summed E-state index contributed by atoms with van der Waals surface area (Å²) in [4.78, 5) is 0. The summed E-state index contributed by atoms with van der Waals surface area (Å²) in [6.45, 7) is 1.14. The van der Waals surface area contributed by atoms with Crippen molar-refractivity contribution in [2.75, 3.05) is 19.2 Å². The Morgan fingerprint density at radius 2 is 1.80 bits per heavy atom. The monoisotopic (exact) mass is 509 g/mol. The van der Waals surface area contributed by atoms with Crippen LogP contribution in [0.15, 0.2) is 53.0 Å². The Bertz CT molecular complexity index is 1080. The number of benzene rings is 3. The average molecular weight is 511 g/mol. The number of methoxy groups -OCH3 is 1. The Morgan fingerprint density at radius 3 is 2.60 bits per heavy atom. The Labute approximate surface area is 192 Å². The van der Waals surface area contributed by atoms with Crippen molar-refractivity contribution < 1.29 is 18.9 Å². The maximum Gasteiger partial charge on any atom is 0.231 e. The molecule has 156 valence electrons. The quantitative estimate of drug-likeness (QED) is 0.384. The predicted molar refractivity (Wildman–Crippen MR) is 121 cm³/mol. The molecule has 0 radical (unpaired) electrons. The van der Waals surface area contributed by atoms with Crippen LogP contribution in [0.3, 0.4) is 0 Å². The first-order valence-corrected chi connectivity index (χ1v) is 10.6. The molecule has 0 saturated heterocycles. The van der Waals surface area contributed by atoms with Gasteiger partial charge >= 0.3 is 0 Å². The van der Waals surface area contributed by atoms with E-state index in [0.717, 1.165) is 32.8 Å². The molecule has 3 aromatic carbocycles. The van der Waals surface area contributed by atoms with Crippen molar-refractivity contribution in [2.45, 2.75) is 13.2 Å². The predicted octanol–water partition coefficient (Wildman–Crippen LogP) is 6.68. The number of rotatable bonds is 7. The number of ether oxygens (including phenoxy) is 4. The standard InChI is InChI=1S/C22H18BrCl2NO4/c1-27-20-6-14(10-26-16-4-5-19-21(8-16)30-12-29-19)17(23)9-22(20)28-11-13-2-3-15(24)7-18(13)25/h2-9,26H,10-12H2,1H3. The number of hydrogen-bond acceptors (Lipinski definition) is 5. The van der Waals surface area contributed by atoms with E-state index in [4.69, 9.17) is 42.1 Å². The molecular weight excluding hydrogens is 493 g/mol. The van der Waals surface area contributed by atoms with Gasteiger partial charge < -0.3 is 24.3 Å². The van der Waals surface area contributed by atoms with Gasteiger partial charge in [0.1, 0.15) is 6.61 Å². The molecule has 0 atom stereocenters. The lowest BCUT2D eigenvalue weighted by molar-refractivity contribution is 0.174. The second-order valence-electron chi connectivity index (χ2n) is 6.54. The fourth-order valence-electron chi connectivity index (χ4n) is 2.98. The van der Waals surface area contributed by atoms with Crippen LogP contribution in [0, 0.1) is 0 Å². The van der Waals surface area contributed by atoms with Crippen LogP contribution in [-0.4, -0.2) is 13.9 Å². The lowest BCUT2D eigenvalue weighted by Crippen LogP contribution is -2.03. The zero-order chi connectivity index (χ0) is 21.1. The van der Waals surface area contributed by atoms with E-state index in [1.54, 1.807) is 19.2 Å².